The van der Waals surface area contributed by atoms with Gasteiger partial charge < -0.3 is 0 Å². The van der Waals surface area contributed by atoms with Crippen molar-refractivity contribution in [3.8, 4) is 0 Å². The van der Waals surface area contributed by atoms with Gasteiger partial charge in [0.15, 0.2) is 0 Å². The van der Waals surface area contributed by atoms with Gasteiger partial charge in [-0.3, -0.25) is 10.3 Å². The molecule has 1 rings (SSSR count). The second kappa shape index (κ2) is 4.82. The molecule has 0 saturated heterocycles. The maximum atomic E-state index is 4.96. The normalized spacial score (nSPS) is 9.09. The Morgan fingerprint density at radius 1 is 1.36 bits per heavy atom. The third-order valence-electron chi connectivity index (χ3n) is 1.21. The summed E-state index contributed by atoms with van der Waals surface area (Å²) >= 11 is 4.51. The molecule has 0 radical (unpaired) electrons. The van der Waals surface area contributed by atoms with E-state index in [0.29, 0.717) is 6.61 Å². The highest BCUT2D eigenvalue weighted by molar-refractivity contribution is 7.78. The van der Waals surface area contributed by atoms with Crippen LogP contribution in [0.3, 0.4) is 0 Å². The lowest BCUT2D eigenvalue weighted by Gasteiger charge is -2.00. The number of benzene rings is 1. The lowest BCUT2D eigenvalue weighted by atomic mass is 10.2. The zero-order valence-electron chi connectivity index (χ0n) is 5.99. The summed E-state index contributed by atoms with van der Waals surface area (Å²) in [4.78, 5) is 4.96. The molecule has 0 bridgehead atoms. The van der Waals surface area contributed by atoms with E-state index in [1.165, 1.54) is 5.49 Å². The summed E-state index contributed by atoms with van der Waals surface area (Å²) in [5.41, 5.74) is 4.94. The molecule has 0 fully saturated rings. The summed E-state index contributed by atoms with van der Waals surface area (Å²) in [7, 11) is 0. The number of hydroxylamine groups is 1. The molecule has 3 heteroatoms. The predicted molar refractivity (Wildman–Crippen MR) is 48.0 cm³/mol. The first-order valence-electron chi connectivity index (χ1n) is 3.28. The van der Waals surface area contributed by atoms with Crippen molar-refractivity contribution < 1.29 is 4.84 Å². The first kappa shape index (κ1) is 8.17. The van der Waals surface area contributed by atoms with Crippen LogP contribution in [-0.4, -0.2) is 5.49 Å². The van der Waals surface area contributed by atoms with Crippen molar-refractivity contribution in [2.75, 3.05) is 0 Å². The molecular weight excluding hydrogens is 158 g/mol. The van der Waals surface area contributed by atoms with E-state index in [2.05, 4.69) is 17.7 Å². The van der Waals surface area contributed by atoms with Gasteiger partial charge in [-0.1, -0.05) is 42.5 Å². The van der Waals surface area contributed by atoms with Crippen molar-refractivity contribution in [1.82, 2.24) is 5.48 Å². The smallest absolute Gasteiger partial charge is 0.0996 e. The molecule has 2 nitrogen and oxygen atoms in total. The van der Waals surface area contributed by atoms with E-state index >= 15 is 0 Å². The van der Waals surface area contributed by atoms with Gasteiger partial charge in [-0.15, -0.1) is 0 Å². The van der Waals surface area contributed by atoms with Gasteiger partial charge in [0.1, 0.15) is 0 Å². The Balaban J connectivity index is 2.33. The van der Waals surface area contributed by atoms with Crippen LogP contribution < -0.4 is 5.48 Å². The highest BCUT2D eigenvalue weighted by Gasteiger charge is 1.87. The summed E-state index contributed by atoms with van der Waals surface area (Å²) < 4.78 is 0. The monoisotopic (exact) mass is 167 g/mol. The predicted octanol–water partition coefficient (Wildman–Crippen LogP) is 1.67. The summed E-state index contributed by atoms with van der Waals surface area (Å²) in [6.45, 7) is 0.536. The Labute approximate surface area is 71.1 Å². The standard InChI is InChI=1S/C8H9NOS/c11-7-9-10-6-8-4-2-1-3-5-8/h1-5,7H,6H2,(H,9,11). The fourth-order valence-electron chi connectivity index (χ4n) is 0.733. The average molecular weight is 167 g/mol. The number of hydrogen-bond donors (Lipinski definition) is 1. The highest BCUT2D eigenvalue weighted by atomic mass is 32.1. The van der Waals surface area contributed by atoms with Crippen LogP contribution in [-0.2, 0) is 11.4 Å². The first-order chi connectivity index (χ1) is 5.43. The summed E-state index contributed by atoms with van der Waals surface area (Å²) in [5.74, 6) is 0. The summed E-state index contributed by atoms with van der Waals surface area (Å²) in [5, 5.41) is 0. The number of hydrogen-bond acceptors (Lipinski definition) is 2. The molecule has 0 saturated carbocycles. The maximum Gasteiger partial charge on any atom is 0.0996 e. The van der Waals surface area contributed by atoms with E-state index in [-0.39, 0.29) is 0 Å². The van der Waals surface area contributed by atoms with Crippen LogP contribution in [0.5, 0.6) is 0 Å². The number of rotatable bonds is 4. The Hall–Kier alpha value is -0.930. The van der Waals surface area contributed by atoms with Gasteiger partial charge in [-0.05, 0) is 5.56 Å². The van der Waals surface area contributed by atoms with Gasteiger partial charge in [0.2, 0.25) is 0 Å². The molecule has 0 aliphatic carbocycles. The number of thiocarbonyl (C=S) groups is 1. The van der Waals surface area contributed by atoms with Crippen LogP contribution in [0, 0.1) is 0 Å². The minimum Gasteiger partial charge on any atom is -0.271 e. The second-order valence-electron chi connectivity index (χ2n) is 2.01. The van der Waals surface area contributed by atoms with Gasteiger partial charge in [0.25, 0.3) is 0 Å². The van der Waals surface area contributed by atoms with E-state index in [4.69, 9.17) is 4.84 Å². The third kappa shape index (κ3) is 3.11. The van der Waals surface area contributed by atoms with Crippen molar-refractivity contribution >= 4 is 17.7 Å². The van der Waals surface area contributed by atoms with Crippen LogP contribution >= 0.6 is 12.2 Å². The molecule has 0 atom stereocenters. The molecule has 58 valence electrons. The molecule has 0 aliphatic heterocycles. The quantitative estimate of drug-likeness (QED) is 0.418. The minimum absolute atomic E-state index is 0.536. The molecule has 1 aromatic carbocycles. The largest absolute Gasteiger partial charge is 0.271 e. The fraction of sp³-hybridized carbons (Fsp3) is 0.125. The van der Waals surface area contributed by atoms with Gasteiger partial charge in [0.05, 0.1) is 12.1 Å². The van der Waals surface area contributed by atoms with E-state index in [1.807, 2.05) is 30.3 Å². The SMILES string of the molecule is S=CNOCc1ccccc1. The van der Waals surface area contributed by atoms with Gasteiger partial charge in [-0.25, -0.2) is 0 Å². The Morgan fingerprint density at radius 2 is 2.09 bits per heavy atom. The highest BCUT2D eigenvalue weighted by Crippen LogP contribution is 1.98. The molecule has 0 amide bonds. The molecule has 1 aromatic rings. The molecular formula is C8H9NOS. The van der Waals surface area contributed by atoms with Crippen molar-refractivity contribution in [2.24, 2.45) is 0 Å². The summed E-state index contributed by atoms with van der Waals surface area (Å²) in [6, 6.07) is 9.89. The van der Waals surface area contributed by atoms with Crippen LogP contribution in [0.25, 0.3) is 0 Å². The zero-order valence-corrected chi connectivity index (χ0v) is 6.80. The zero-order chi connectivity index (χ0) is 7.94. The van der Waals surface area contributed by atoms with E-state index in [9.17, 15) is 0 Å². The molecule has 0 aliphatic rings. The minimum atomic E-state index is 0.536. The van der Waals surface area contributed by atoms with Gasteiger partial charge in [-0.2, -0.15) is 0 Å². The van der Waals surface area contributed by atoms with Crippen LogP contribution in [0.15, 0.2) is 30.3 Å². The molecule has 0 aromatic heterocycles. The van der Waals surface area contributed by atoms with Crippen molar-refractivity contribution in [1.29, 1.82) is 0 Å². The molecule has 0 unspecified atom stereocenters. The first-order valence-corrected chi connectivity index (χ1v) is 3.75. The topological polar surface area (TPSA) is 21.3 Å². The third-order valence-corrected chi connectivity index (χ3v) is 1.31. The molecule has 0 heterocycles. The molecule has 0 spiro atoms. The second-order valence-corrected chi connectivity index (χ2v) is 2.25. The van der Waals surface area contributed by atoms with E-state index in [0.717, 1.165) is 5.56 Å². The van der Waals surface area contributed by atoms with Crippen LogP contribution in [0.1, 0.15) is 5.56 Å². The van der Waals surface area contributed by atoms with Crippen molar-refractivity contribution in [3.05, 3.63) is 35.9 Å². The molecule has 11 heavy (non-hydrogen) atoms. The Bertz CT molecular complexity index is 213. The Morgan fingerprint density at radius 3 is 2.73 bits per heavy atom. The van der Waals surface area contributed by atoms with Crippen LogP contribution in [0.2, 0.25) is 0 Å². The van der Waals surface area contributed by atoms with E-state index in [1.54, 1.807) is 0 Å². The summed E-state index contributed by atoms with van der Waals surface area (Å²) in [6.07, 6.45) is 0. The Kier molecular flexibility index (Phi) is 3.58. The van der Waals surface area contributed by atoms with E-state index < -0.39 is 0 Å². The number of nitrogens with one attached hydrogen (secondary N) is 1. The van der Waals surface area contributed by atoms with Crippen molar-refractivity contribution in [3.63, 3.8) is 0 Å². The van der Waals surface area contributed by atoms with Gasteiger partial charge in [0, 0.05) is 0 Å². The lowest BCUT2D eigenvalue weighted by molar-refractivity contribution is 0.0759. The maximum absolute atomic E-state index is 4.96. The van der Waals surface area contributed by atoms with Crippen molar-refractivity contribution in [2.45, 2.75) is 6.61 Å². The average Bonchev–Trinajstić information content (AvgIpc) is 2.07. The lowest BCUT2D eigenvalue weighted by Crippen LogP contribution is -2.09. The van der Waals surface area contributed by atoms with Crippen LogP contribution in [0.4, 0.5) is 0 Å². The fourth-order valence-corrected chi connectivity index (χ4v) is 0.801. The molecule has 1 N–H and O–H groups in total. The van der Waals surface area contributed by atoms with Gasteiger partial charge >= 0.3 is 0 Å².